The molecule has 0 N–H and O–H groups in total. The van der Waals surface area contributed by atoms with Crippen LogP contribution in [0, 0.1) is 0 Å². The monoisotopic (exact) mass is 206 g/mol. The van der Waals surface area contributed by atoms with Crippen LogP contribution in [0.3, 0.4) is 0 Å². The number of ether oxygens (including phenoxy) is 1. The fourth-order valence-electron chi connectivity index (χ4n) is 1.52. The average Bonchev–Trinajstić information content (AvgIpc) is 2.81. The largest absolute Gasteiger partial charge is 0.372 e. The second-order valence-corrected chi connectivity index (χ2v) is 5.24. The van der Waals surface area contributed by atoms with E-state index in [4.69, 9.17) is 4.74 Å². The van der Waals surface area contributed by atoms with E-state index in [2.05, 4.69) is 0 Å². The first kappa shape index (κ1) is 9.39. The third kappa shape index (κ3) is 1.71. The van der Waals surface area contributed by atoms with Gasteiger partial charge in [-0.15, -0.1) is 0 Å². The molecule has 2 rings (SSSR count). The molecule has 0 aromatic rings. The van der Waals surface area contributed by atoms with Crippen molar-refractivity contribution in [1.29, 1.82) is 0 Å². The molecule has 2 saturated heterocycles. The van der Waals surface area contributed by atoms with Gasteiger partial charge >= 0.3 is 0 Å². The van der Waals surface area contributed by atoms with Crippen LogP contribution in [0.15, 0.2) is 0 Å². The molecule has 0 saturated carbocycles. The molecule has 6 heteroatoms. The Balaban J connectivity index is 2.04. The predicted molar refractivity (Wildman–Crippen MR) is 47.5 cm³/mol. The lowest BCUT2D eigenvalue weighted by Gasteiger charge is -2.15. The van der Waals surface area contributed by atoms with Crippen molar-refractivity contribution in [3.05, 3.63) is 0 Å². The van der Waals surface area contributed by atoms with Crippen LogP contribution in [-0.2, 0) is 14.9 Å². The van der Waals surface area contributed by atoms with E-state index in [0.29, 0.717) is 32.8 Å². The van der Waals surface area contributed by atoms with E-state index in [1.165, 1.54) is 8.61 Å². The number of likely N-dealkylation sites (N-methyl/N-ethyl adjacent to an activating group) is 1. The van der Waals surface area contributed by atoms with E-state index < -0.39 is 10.2 Å². The van der Waals surface area contributed by atoms with Gasteiger partial charge in [0.1, 0.15) is 0 Å². The van der Waals surface area contributed by atoms with Gasteiger partial charge in [-0.3, -0.25) is 0 Å². The van der Waals surface area contributed by atoms with E-state index in [9.17, 15) is 8.42 Å². The summed E-state index contributed by atoms with van der Waals surface area (Å²) in [4.78, 5) is 0. The van der Waals surface area contributed by atoms with Crippen molar-refractivity contribution in [3.63, 3.8) is 0 Å². The predicted octanol–water partition coefficient (Wildman–Crippen LogP) is -0.732. The highest BCUT2D eigenvalue weighted by Gasteiger charge is 2.39. The van der Waals surface area contributed by atoms with Crippen LogP contribution >= 0.6 is 0 Å². The maximum Gasteiger partial charge on any atom is 0.282 e. The SMILES string of the molecule is CCN1CCN(C[C@H]2CO2)S1(=O)=O. The van der Waals surface area contributed by atoms with Crippen LogP contribution in [0.5, 0.6) is 0 Å². The standard InChI is InChI=1S/C7H14N2O3S/c1-2-8-3-4-9(13(8,10)11)5-7-6-12-7/h7H,2-6H2,1H3/t7-/m0/s1. The molecule has 2 aliphatic rings. The lowest BCUT2D eigenvalue weighted by Crippen LogP contribution is -2.35. The second-order valence-electron chi connectivity index (χ2n) is 3.31. The smallest absolute Gasteiger partial charge is 0.282 e. The minimum Gasteiger partial charge on any atom is -0.372 e. The molecule has 0 bridgehead atoms. The molecular weight excluding hydrogens is 192 g/mol. The Morgan fingerprint density at radius 2 is 2.00 bits per heavy atom. The molecule has 0 amide bonds. The molecule has 0 unspecified atom stereocenters. The summed E-state index contributed by atoms with van der Waals surface area (Å²) < 4.78 is 31.4. The Morgan fingerprint density at radius 1 is 1.38 bits per heavy atom. The van der Waals surface area contributed by atoms with Crippen LogP contribution in [0.4, 0.5) is 0 Å². The molecule has 0 aromatic carbocycles. The Bertz CT molecular complexity index is 286. The van der Waals surface area contributed by atoms with Crippen molar-refractivity contribution in [2.75, 3.05) is 32.8 Å². The van der Waals surface area contributed by atoms with Gasteiger partial charge in [-0.25, -0.2) is 0 Å². The van der Waals surface area contributed by atoms with Gasteiger partial charge in [0.25, 0.3) is 10.2 Å². The van der Waals surface area contributed by atoms with Crippen LogP contribution in [-0.4, -0.2) is 55.9 Å². The molecule has 0 aliphatic carbocycles. The number of hydrogen-bond acceptors (Lipinski definition) is 3. The molecule has 5 nitrogen and oxygen atoms in total. The number of epoxide rings is 1. The van der Waals surface area contributed by atoms with Crippen LogP contribution in [0.25, 0.3) is 0 Å². The van der Waals surface area contributed by atoms with E-state index in [1.807, 2.05) is 6.92 Å². The first-order valence-corrected chi connectivity index (χ1v) is 5.91. The van der Waals surface area contributed by atoms with E-state index in [-0.39, 0.29) is 6.10 Å². The summed E-state index contributed by atoms with van der Waals surface area (Å²) in [6.07, 6.45) is 0.145. The first-order chi connectivity index (χ1) is 6.14. The lowest BCUT2D eigenvalue weighted by molar-refractivity contribution is 0.349. The van der Waals surface area contributed by atoms with Gasteiger partial charge in [0.15, 0.2) is 0 Å². The van der Waals surface area contributed by atoms with Crippen molar-refractivity contribution in [1.82, 2.24) is 8.61 Å². The third-order valence-electron chi connectivity index (χ3n) is 2.41. The quantitative estimate of drug-likeness (QED) is 0.572. The molecule has 1 atom stereocenters. The normalized spacial score (nSPS) is 33.8. The zero-order valence-electron chi connectivity index (χ0n) is 7.64. The maximum absolute atomic E-state index is 11.7. The van der Waals surface area contributed by atoms with Crippen molar-refractivity contribution in [3.8, 4) is 0 Å². The Morgan fingerprint density at radius 3 is 2.46 bits per heavy atom. The summed E-state index contributed by atoms with van der Waals surface area (Å²) >= 11 is 0. The molecule has 0 aromatic heterocycles. The molecular formula is C7H14N2O3S. The third-order valence-corrected chi connectivity index (χ3v) is 4.49. The van der Waals surface area contributed by atoms with Gasteiger partial charge in [-0.2, -0.15) is 17.0 Å². The topological polar surface area (TPSA) is 53.1 Å². The summed E-state index contributed by atoms with van der Waals surface area (Å²) in [6, 6.07) is 0. The molecule has 0 radical (unpaired) electrons. The minimum absolute atomic E-state index is 0.145. The fraction of sp³-hybridized carbons (Fsp3) is 1.00. The molecule has 2 aliphatic heterocycles. The summed E-state index contributed by atoms with van der Waals surface area (Å²) in [5, 5.41) is 0. The second kappa shape index (κ2) is 3.20. The molecule has 0 spiro atoms. The van der Waals surface area contributed by atoms with Crippen LogP contribution in [0.1, 0.15) is 6.92 Å². The molecule has 13 heavy (non-hydrogen) atoms. The van der Waals surface area contributed by atoms with Crippen molar-refractivity contribution in [2.45, 2.75) is 13.0 Å². The van der Waals surface area contributed by atoms with E-state index in [1.54, 1.807) is 0 Å². The zero-order valence-corrected chi connectivity index (χ0v) is 8.46. The van der Waals surface area contributed by atoms with Crippen molar-refractivity contribution < 1.29 is 13.2 Å². The summed E-state index contributed by atoms with van der Waals surface area (Å²) in [5.74, 6) is 0. The first-order valence-electron chi connectivity index (χ1n) is 4.51. The Labute approximate surface area is 78.4 Å². The van der Waals surface area contributed by atoms with Crippen LogP contribution in [0.2, 0.25) is 0 Å². The van der Waals surface area contributed by atoms with Crippen molar-refractivity contribution >= 4 is 10.2 Å². The fourth-order valence-corrected chi connectivity index (χ4v) is 3.16. The average molecular weight is 206 g/mol. The highest BCUT2D eigenvalue weighted by atomic mass is 32.2. The highest BCUT2D eigenvalue weighted by Crippen LogP contribution is 2.20. The number of hydrogen-bond donors (Lipinski definition) is 0. The zero-order chi connectivity index (χ0) is 9.47. The number of rotatable bonds is 3. The molecule has 76 valence electrons. The lowest BCUT2D eigenvalue weighted by atomic mass is 10.4. The summed E-state index contributed by atoms with van der Waals surface area (Å²) in [6.45, 7) is 4.87. The van der Waals surface area contributed by atoms with Gasteiger partial charge in [-0.05, 0) is 0 Å². The van der Waals surface area contributed by atoms with Gasteiger partial charge in [0, 0.05) is 26.2 Å². The Kier molecular flexibility index (Phi) is 2.31. The van der Waals surface area contributed by atoms with Gasteiger partial charge in [0.05, 0.1) is 12.7 Å². The highest BCUT2D eigenvalue weighted by molar-refractivity contribution is 7.87. The maximum atomic E-state index is 11.7. The van der Waals surface area contributed by atoms with Gasteiger partial charge in [-0.1, -0.05) is 6.92 Å². The van der Waals surface area contributed by atoms with E-state index >= 15 is 0 Å². The molecule has 2 fully saturated rings. The van der Waals surface area contributed by atoms with Crippen molar-refractivity contribution in [2.24, 2.45) is 0 Å². The van der Waals surface area contributed by atoms with E-state index in [0.717, 1.165) is 0 Å². The molecule has 2 heterocycles. The van der Waals surface area contributed by atoms with Gasteiger partial charge < -0.3 is 4.74 Å². The Hall–Kier alpha value is -0.170. The number of nitrogens with zero attached hydrogens (tertiary/aromatic N) is 2. The van der Waals surface area contributed by atoms with Crippen LogP contribution < -0.4 is 0 Å². The minimum atomic E-state index is -3.15. The summed E-state index contributed by atoms with van der Waals surface area (Å²) in [5.41, 5.74) is 0. The summed E-state index contributed by atoms with van der Waals surface area (Å²) in [7, 11) is -3.15. The van der Waals surface area contributed by atoms with Gasteiger partial charge in [0.2, 0.25) is 0 Å².